The molecule has 126 valence electrons. The Hall–Kier alpha value is -1.15. The van der Waals surface area contributed by atoms with Gasteiger partial charge in [0.1, 0.15) is 11.4 Å². The minimum Gasteiger partial charge on any atom is -0.496 e. The van der Waals surface area contributed by atoms with E-state index >= 15 is 0 Å². The second-order valence-electron chi connectivity index (χ2n) is 4.75. The van der Waals surface area contributed by atoms with Gasteiger partial charge >= 0.3 is 0 Å². The van der Waals surface area contributed by atoms with Crippen molar-refractivity contribution in [1.82, 2.24) is 10.3 Å². The number of carbonyl (C=O) groups is 1. The molecule has 1 heterocycles. The molecule has 1 aromatic carbocycles. The monoisotopic (exact) mass is 419 g/mol. The molecule has 0 radical (unpaired) electrons. The predicted octanol–water partition coefficient (Wildman–Crippen LogP) is 3.33. The van der Waals surface area contributed by atoms with Crippen LogP contribution in [-0.2, 0) is 6.42 Å². The number of rotatable bonds is 6. The van der Waals surface area contributed by atoms with Crippen molar-refractivity contribution in [3.8, 4) is 5.75 Å². The molecule has 1 unspecified atom stereocenters. The molecular formula is C15H19BrClN3O2S. The van der Waals surface area contributed by atoms with E-state index in [0.717, 1.165) is 20.8 Å². The largest absolute Gasteiger partial charge is 0.496 e. The van der Waals surface area contributed by atoms with Crippen molar-refractivity contribution >= 4 is 45.6 Å². The molecule has 0 saturated heterocycles. The topological polar surface area (TPSA) is 77.2 Å². The average molecular weight is 421 g/mol. The van der Waals surface area contributed by atoms with E-state index in [4.69, 9.17) is 10.5 Å². The fourth-order valence-corrected chi connectivity index (χ4v) is 3.31. The summed E-state index contributed by atoms with van der Waals surface area (Å²) in [6.45, 7) is 2.46. The number of hydrogen-bond acceptors (Lipinski definition) is 5. The first-order valence-corrected chi connectivity index (χ1v) is 8.51. The molecule has 1 amide bonds. The summed E-state index contributed by atoms with van der Waals surface area (Å²) in [5, 5.41) is 5.59. The smallest absolute Gasteiger partial charge is 0.271 e. The lowest BCUT2D eigenvalue weighted by atomic mass is 10.1. The van der Waals surface area contributed by atoms with Gasteiger partial charge in [0, 0.05) is 11.8 Å². The second kappa shape index (κ2) is 9.22. The summed E-state index contributed by atoms with van der Waals surface area (Å²) in [4.78, 5) is 16.5. The fourth-order valence-electron chi connectivity index (χ4n) is 1.96. The maximum atomic E-state index is 12.2. The van der Waals surface area contributed by atoms with Gasteiger partial charge in [-0.05, 0) is 47.1 Å². The lowest BCUT2D eigenvalue weighted by Gasteiger charge is -2.15. The van der Waals surface area contributed by atoms with Gasteiger partial charge < -0.3 is 15.8 Å². The summed E-state index contributed by atoms with van der Waals surface area (Å²) in [6.07, 6.45) is 0.693. The van der Waals surface area contributed by atoms with Gasteiger partial charge in [0.15, 0.2) is 0 Å². The highest BCUT2D eigenvalue weighted by molar-refractivity contribution is 9.10. The number of ether oxygens (including phenoxy) is 1. The van der Waals surface area contributed by atoms with Crippen molar-refractivity contribution in [1.29, 1.82) is 0 Å². The number of methoxy groups -OCH3 is 1. The number of nitrogens with one attached hydrogen (secondary N) is 1. The zero-order valence-corrected chi connectivity index (χ0v) is 16.1. The van der Waals surface area contributed by atoms with Crippen LogP contribution >= 0.6 is 39.7 Å². The molecule has 0 aliphatic rings. The van der Waals surface area contributed by atoms with E-state index in [1.54, 1.807) is 12.5 Å². The van der Waals surface area contributed by atoms with Crippen molar-refractivity contribution in [3.05, 3.63) is 44.3 Å². The van der Waals surface area contributed by atoms with Crippen molar-refractivity contribution in [2.75, 3.05) is 13.7 Å². The molecule has 0 spiro atoms. The van der Waals surface area contributed by atoms with E-state index in [9.17, 15) is 4.79 Å². The molecule has 1 aromatic heterocycles. The lowest BCUT2D eigenvalue weighted by Crippen LogP contribution is -2.27. The molecule has 0 aliphatic heterocycles. The van der Waals surface area contributed by atoms with Crippen LogP contribution in [0.4, 0.5) is 0 Å². The highest BCUT2D eigenvalue weighted by Gasteiger charge is 2.15. The number of halogens is 2. The predicted molar refractivity (Wildman–Crippen MR) is 98.7 cm³/mol. The molecule has 0 saturated carbocycles. The van der Waals surface area contributed by atoms with Gasteiger partial charge in [-0.15, -0.1) is 23.7 Å². The van der Waals surface area contributed by atoms with Gasteiger partial charge in [0.2, 0.25) is 0 Å². The normalized spacial score (nSPS) is 11.5. The van der Waals surface area contributed by atoms with Crippen molar-refractivity contribution in [3.63, 3.8) is 0 Å². The number of amides is 1. The summed E-state index contributed by atoms with van der Waals surface area (Å²) in [7, 11) is 1.62. The third kappa shape index (κ3) is 5.17. The highest BCUT2D eigenvalue weighted by atomic mass is 79.9. The summed E-state index contributed by atoms with van der Waals surface area (Å²) < 4.78 is 6.06. The Bertz CT molecular complexity index is 666. The Morgan fingerprint density at radius 3 is 2.87 bits per heavy atom. The maximum absolute atomic E-state index is 12.2. The maximum Gasteiger partial charge on any atom is 0.271 e. The van der Waals surface area contributed by atoms with Gasteiger partial charge in [0.25, 0.3) is 5.91 Å². The van der Waals surface area contributed by atoms with E-state index in [2.05, 4.69) is 26.2 Å². The minimum absolute atomic E-state index is 0. The van der Waals surface area contributed by atoms with Crippen LogP contribution in [0.5, 0.6) is 5.75 Å². The van der Waals surface area contributed by atoms with Crippen LogP contribution in [0.1, 0.15) is 34.0 Å². The van der Waals surface area contributed by atoms with Crippen molar-refractivity contribution in [2.24, 2.45) is 5.73 Å². The molecule has 8 heteroatoms. The van der Waals surface area contributed by atoms with Crippen LogP contribution in [0.25, 0.3) is 0 Å². The molecule has 5 nitrogen and oxygen atoms in total. The van der Waals surface area contributed by atoms with Crippen LogP contribution < -0.4 is 15.8 Å². The summed E-state index contributed by atoms with van der Waals surface area (Å²) in [5.74, 6) is 0.576. The molecule has 0 aliphatic carbocycles. The van der Waals surface area contributed by atoms with E-state index in [1.807, 2.05) is 25.1 Å². The molecular weight excluding hydrogens is 402 g/mol. The standard InChI is InChI=1S/C15H18BrN3O2S.ClH/c1-9(10-3-4-13(21-2)11(16)7-10)18-15(20)12-8-22-14(19-12)5-6-17;/h3-4,7-9H,5-6,17H2,1-2H3,(H,18,20);1H. The first-order valence-electron chi connectivity index (χ1n) is 6.84. The minimum atomic E-state index is -0.182. The number of hydrogen-bond donors (Lipinski definition) is 2. The van der Waals surface area contributed by atoms with Gasteiger partial charge in [-0.25, -0.2) is 4.98 Å². The third-order valence-electron chi connectivity index (χ3n) is 3.17. The van der Waals surface area contributed by atoms with E-state index < -0.39 is 0 Å². The molecule has 0 fully saturated rings. The molecule has 2 aromatic rings. The summed E-state index contributed by atoms with van der Waals surface area (Å²) in [6, 6.07) is 5.60. The second-order valence-corrected chi connectivity index (χ2v) is 6.55. The summed E-state index contributed by atoms with van der Waals surface area (Å²) in [5.41, 5.74) is 6.91. The number of nitrogens with zero attached hydrogens (tertiary/aromatic N) is 1. The number of aromatic nitrogens is 1. The van der Waals surface area contributed by atoms with Crippen molar-refractivity contribution in [2.45, 2.75) is 19.4 Å². The Kier molecular flexibility index (Phi) is 7.98. The van der Waals surface area contributed by atoms with Crippen molar-refractivity contribution < 1.29 is 9.53 Å². The van der Waals surface area contributed by atoms with Crippen LogP contribution in [0.2, 0.25) is 0 Å². The average Bonchev–Trinajstić information content (AvgIpc) is 2.96. The van der Waals surface area contributed by atoms with E-state index in [1.165, 1.54) is 11.3 Å². The van der Waals surface area contributed by atoms with E-state index in [-0.39, 0.29) is 24.4 Å². The first kappa shape index (κ1) is 19.9. The molecule has 0 bridgehead atoms. The summed E-state index contributed by atoms with van der Waals surface area (Å²) >= 11 is 4.90. The first-order chi connectivity index (χ1) is 10.5. The Morgan fingerprint density at radius 1 is 1.52 bits per heavy atom. The van der Waals surface area contributed by atoms with Gasteiger partial charge in [-0.1, -0.05) is 6.07 Å². The molecule has 2 rings (SSSR count). The molecule has 3 N–H and O–H groups in total. The number of nitrogens with two attached hydrogens (primary N) is 1. The van der Waals surface area contributed by atoms with Gasteiger partial charge in [-0.3, -0.25) is 4.79 Å². The number of benzene rings is 1. The van der Waals surface area contributed by atoms with Gasteiger partial charge in [-0.2, -0.15) is 0 Å². The zero-order chi connectivity index (χ0) is 16.1. The zero-order valence-electron chi connectivity index (χ0n) is 12.8. The quantitative estimate of drug-likeness (QED) is 0.751. The highest BCUT2D eigenvalue weighted by Crippen LogP contribution is 2.28. The number of thiazole rings is 1. The van der Waals surface area contributed by atoms with Crippen LogP contribution in [0.15, 0.2) is 28.1 Å². The van der Waals surface area contributed by atoms with Crippen LogP contribution in [-0.4, -0.2) is 24.5 Å². The Morgan fingerprint density at radius 2 is 2.26 bits per heavy atom. The Labute approximate surface area is 154 Å². The lowest BCUT2D eigenvalue weighted by molar-refractivity contribution is 0.0935. The Balaban J connectivity index is 0.00000264. The van der Waals surface area contributed by atoms with E-state index in [0.29, 0.717) is 18.7 Å². The number of carbonyl (C=O) groups excluding carboxylic acids is 1. The molecule has 23 heavy (non-hydrogen) atoms. The molecule has 1 atom stereocenters. The SMILES string of the molecule is COc1ccc(C(C)NC(=O)c2csc(CCN)n2)cc1Br.Cl. The van der Waals surface area contributed by atoms with Gasteiger partial charge in [0.05, 0.1) is 22.6 Å². The third-order valence-corrected chi connectivity index (χ3v) is 4.69. The van der Waals surface area contributed by atoms with Crippen LogP contribution in [0.3, 0.4) is 0 Å². The fraction of sp³-hybridized carbons (Fsp3) is 0.333. The van der Waals surface area contributed by atoms with Crippen LogP contribution in [0, 0.1) is 0 Å².